The fourth-order valence-electron chi connectivity index (χ4n) is 2.04. The Balaban J connectivity index is 2.13. The van der Waals surface area contributed by atoms with Crippen LogP contribution in [0.3, 0.4) is 0 Å². The first-order valence-electron chi connectivity index (χ1n) is 6.46. The van der Waals surface area contributed by atoms with Crippen LogP contribution in [0.5, 0.6) is 0 Å². The van der Waals surface area contributed by atoms with E-state index in [0.29, 0.717) is 31.0 Å². The fraction of sp³-hybridized carbons (Fsp3) is 0.500. The minimum Gasteiger partial charge on any atom is -0.370 e. The number of carbonyl (C=O) groups excluding carboxylic acids is 2. The first-order chi connectivity index (χ1) is 9.51. The number of rotatable bonds is 4. The van der Waals surface area contributed by atoms with Crippen LogP contribution in [0.1, 0.15) is 19.8 Å². The maximum absolute atomic E-state index is 12.0. The number of likely N-dealkylation sites (tertiary alicyclic amines) is 1. The highest BCUT2D eigenvalue weighted by atomic mass is 16.2. The van der Waals surface area contributed by atoms with Gasteiger partial charge in [0.15, 0.2) is 0 Å². The standard InChI is InChI=1S/C12H18N6O2/c1-3-14-8-6-9(17-12(13)16-8)15-7-4-5-10(19)18(2)11(7)20/h6-7H,3-5H2,1-2H3,(H4,13,14,15,16,17). The van der Waals surface area contributed by atoms with Gasteiger partial charge in [0.25, 0.3) is 5.91 Å². The molecule has 8 heteroatoms. The largest absolute Gasteiger partial charge is 0.370 e. The Bertz CT molecular complexity index is 533. The number of hydrogen-bond acceptors (Lipinski definition) is 7. The molecule has 0 bridgehead atoms. The quantitative estimate of drug-likeness (QED) is 0.667. The molecule has 1 aromatic heterocycles. The van der Waals surface area contributed by atoms with Gasteiger partial charge in [-0.1, -0.05) is 0 Å². The number of nitrogens with one attached hydrogen (secondary N) is 2. The predicted octanol–water partition coefficient (Wildman–Crippen LogP) is 0.0499. The summed E-state index contributed by atoms with van der Waals surface area (Å²) in [4.78, 5) is 32.6. The zero-order valence-electron chi connectivity index (χ0n) is 11.5. The lowest BCUT2D eigenvalue weighted by molar-refractivity contribution is -0.146. The van der Waals surface area contributed by atoms with Crippen molar-refractivity contribution in [1.29, 1.82) is 0 Å². The molecule has 1 fully saturated rings. The maximum atomic E-state index is 12.0. The average molecular weight is 278 g/mol. The second-order valence-corrected chi connectivity index (χ2v) is 4.55. The molecule has 1 unspecified atom stereocenters. The van der Waals surface area contributed by atoms with Crippen LogP contribution in [0.15, 0.2) is 6.07 Å². The highest BCUT2D eigenvalue weighted by molar-refractivity contribution is 6.01. The number of nitrogens with zero attached hydrogens (tertiary/aromatic N) is 3. The van der Waals surface area contributed by atoms with E-state index in [1.807, 2.05) is 6.92 Å². The molecule has 1 aliphatic heterocycles. The van der Waals surface area contributed by atoms with E-state index in [4.69, 9.17) is 5.73 Å². The molecule has 20 heavy (non-hydrogen) atoms. The van der Waals surface area contributed by atoms with Crippen LogP contribution in [0.4, 0.5) is 17.6 Å². The molecule has 2 heterocycles. The SMILES string of the molecule is CCNc1cc(NC2CCC(=O)N(C)C2=O)nc(N)n1. The molecule has 0 spiro atoms. The molecule has 1 aliphatic rings. The van der Waals surface area contributed by atoms with Gasteiger partial charge in [-0.05, 0) is 13.3 Å². The van der Waals surface area contributed by atoms with Crippen LogP contribution in [0.25, 0.3) is 0 Å². The molecule has 2 amide bonds. The number of nitrogen functional groups attached to an aromatic ring is 1. The van der Waals surface area contributed by atoms with Gasteiger partial charge in [-0.2, -0.15) is 9.97 Å². The molecule has 1 aromatic rings. The van der Waals surface area contributed by atoms with Crippen molar-refractivity contribution in [3.63, 3.8) is 0 Å². The van der Waals surface area contributed by atoms with Crippen molar-refractivity contribution in [1.82, 2.24) is 14.9 Å². The van der Waals surface area contributed by atoms with Crippen molar-refractivity contribution in [3.05, 3.63) is 6.07 Å². The van der Waals surface area contributed by atoms with Gasteiger partial charge in [0.1, 0.15) is 17.7 Å². The van der Waals surface area contributed by atoms with Crippen LogP contribution in [-0.4, -0.2) is 46.3 Å². The smallest absolute Gasteiger partial charge is 0.251 e. The lowest BCUT2D eigenvalue weighted by Gasteiger charge is -2.28. The van der Waals surface area contributed by atoms with Crippen molar-refractivity contribution >= 4 is 29.4 Å². The third-order valence-electron chi connectivity index (χ3n) is 3.07. The van der Waals surface area contributed by atoms with E-state index in [2.05, 4.69) is 20.6 Å². The number of aromatic nitrogens is 2. The molecule has 0 aliphatic carbocycles. The van der Waals surface area contributed by atoms with Crippen molar-refractivity contribution in [2.24, 2.45) is 0 Å². The number of carbonyl (C=O) groups is 2. The van der Waals surface area contributed by atoms with Gasteiger partial charge in [-0.3, -0.25) is 14.5 Å². The van der Waals surface area contributed by atoms with Crippen LogP contribution in [0.2, 0.25) is 0 Å². The Labute approximate surface area is 116 Å². The molecule has 0 radical (unpaired) electrons. The molecule has 1 saturated heterocycles. The summed E-state index contributed by atoms with van der Waals surface area (Å²) in [5, 5.41) is 6.04. The number of amides is 2. The Morgan fingerprint density at radius 3 is 2.80 bits per heavy atom. The highest BCUT2D eigenvalue weighted by Crippen LogP contribution is 2.18. The average Bonchev–Trinajstić information content (AvgIpc) is 2.39. The molecule has 0 aromatic carbocycles. The van der Waals surface area contributed by atoms with E-state index >= 15 is 0 Å². The third-order valence-corrected chi connectivity index (χ3v) is 3.07. The van der Waals surface area contributed by atoms with Crippen LogP contribution < -0.4 is 16.4 Å². The summed E-state index contributed by atoms with van der Waals surface area (Å²) in [6.07, 6.45) is 0.781. The number of anilines is 3. The van der Waals surface area contributed by atoms with Crippen molar-refractivity contribution in [2.75, 3.05) is 30.0 Å². The summed E-state index contributed by atoms with van der Waals surface area (Å²) in [6.45, 7) is 2.64. The summed E-state index contributed by atoms with van der Waals surface area (Å²) < 4.78 is 0. The van der Waals surface area contributed by atoms with E-state index in [9.17, 15) is 9.59 Å². The molecule has 8 nitrogen and oxygen atoms in total. The van der Waals surface area contributed by atoms with Gasteiger partial charge in [0, 0.05) is 26.1 Å². The Hall–Kier alpha value is -2.38. The maximum Gasteiger partial charge on any atom is 0.251 e. The van der Waals surface area contributed by atoms with E-state index in [1.54, 1.807) is 6.07 Å². The molecular weight excluding hydrogens is 260 g/mol. The van der Waals surface area contributed by atoms with E-state index < -0.39 is 6.04 Å². The Morgan fingerprint density at radius 1 is 1.40 bits per heavy atom. The van der Waals surface area contributed by atoms with E-state index in [0.717, 1.165) is 4.90 Å². The van der Waals surface area contributed by atoms with E-state index in [1.165, 1.54) is 7.05 Å². The van der Waals surface area contributed by atoms with Crippen molar-refractivity contribution in [3.8, 4) is 0 Å². The van der Waals surface area contributed by atoms with Gasteiger partial charge in [0.2, 0.25) is 11.9 Å². The lowest BCUT2D eigenvalue weighted by Crippen LogP contribution is -2.48. The fourth-order valence-corrected chi connectivity index (χ4v) is 2.04. The number of nitrogens with two attached hydrogens (primary N) is 1. The minimum atomic E-state index is -0.471. The second-order valence-electron chi connectivity index (χ2n) is 4.55. The summed E-state index contributed by atoms with van der Waals surface area (Å²) in [5.41, 5.74) is 5.63. The number of imide groups is 1. The zero-order valence-corrected chi connectivity index (χ0v) is 11.5. The summed E-state index contributed by atoms with van der Waals surface area (Å²) in [6, 6.07) is 1.21. The van der Waals surface area contributed by atoms with Gasteiger partial charge in [-0.15, -0.1) is 0 Å². The first kappa shape index (κ1) is 14.0. The van der Waals surface area contributed by atoms with Crippen molar-refractivity contribution < 1.29 is 9.59 Å². The van der Waals surface area contributed by atoms with Crippen LogP contribution in [0, 0.1) is 0 Å². The minimum absolute atomic E-state index is 0.124. The Morgan fingerprint density at radius 2 is 2.10 bits per heavy atom. The van der Waals surface area contributed by atoms with Crippen LogP contribution in [-0.2, 0) is 9.59 Å². The number of piperidine rings is 1. The second kappa shape index (κ2) is 5.72. The van der Waals surface area contributed by atoms with Gasteiger partial charge in [0.05, 0.1) is 0 Å². The number of hydrogen-bond donors (Lipinski definition) is 3. The first-order valence-corrected chi connectivity index (χ1v) is 6.46. The Kier molecular flexibility index (Phi) is 4.02. The van der Waals surface area contributed by atoms with Gasteiger partial charge >= 0.3 is 0 Å². The monoisotopic (exact) mass is 278 g/mol. The predicted molar refractivity (Wildman–Crippen MR) is 75.0 cm³/mol. The summed E-state index contributed by atoms with van der Waals surface area (Å²) in [7, 11) is 1.48. The van der Waals surface area contributed by atoms with Gasteiger partial charge in [-0.25, -0.2) is 0 Å². The molecule has 108 valence electrons. The molecule has 0 saturated carbocycles. The van der Waals surface area contributed by atoms with E-state index in [-0.39, 0.29) is 17.8 Å². The van der Waals surface area contributed by atoms with Gasteiger partial charge < -0.3 is 16.4 Å². The summed E-state index contributed by atoms with van der Waals surface area (Å²) in [5.74, 6) is 0.760. The lowest BCUT2D eigenvalue weighted by atomic mass is 10.0. The molecular formula is C12H18N6O2. The summed E-state index contributed by atoms with van der Waals surface area (Å²) >= 11 is 0. The molecule has 2 rings (SSSR count). The normalized spacial score (nSPS) is 19.1. The molecule has 4 N–H and O–H groups in total. The topological polar surface area (TPSA) is 113 Å². The van der Waals surface area contributed by atoms with Crippen LogP contribution >= 0.6 is 0 Å². The highest BCUT2D eigenvalue weighted by Gasteiger charge is 2.31. The molecule has 1 atom stereocenters. The number of likely N-dealkylation sites (N-methyl/N-ethyl adjacent to an activating group) is 1. The third kappa shape index (κ3) is 2.95. The van der Waals surface area contributed by atoms with Crippen molar-refractivity contribution in [2.45, 2.75) is 25.8 Å². The zero-order chi connectivity index (χ0) is 14.7.